The van der Waals surface area contributed by atoms with Crippen LogP contribution in [0.3, 0.4) is 0 Å². The summed E-state index contributed by atoms with van der Waals surface area (Å²) >= 11 is 0. The van der Waals surface area contributed by atoms with Crippen LogP contribution in [0, 0.1) is 0 Å². The van der Waals surface area contributed by atoms with Gasteiger partial charge in [0.1, 0.15) is 11.9 Å². The van der Waals surface area contributed by atoms with Gasteiger partial charge in [-0.05, 0) is 18.9 Å². The van der Waals surface area contributed by atoms with Crippen molar-refractivity contribution in [2.75, 3.05) is 6.79 Å². The standard InChI is InChI=1S/C7H10O3/c8-5-2-1-3-6-7(5)10-4-9-6/h3,5,7-8H,1-2,4H2. The summed E-state index contributed by atoms with van der Waals surface area (Å²) in [5, 5.41) is 9.33. The quantitative estimate of drug-likeness (QED) is 0.532. The number of hydrogen-bond donors (Lipinski definition) is 1. The molecule has 3 heteroatoms. The molecule has 0 aromatic heterocycles. The Balaban J connectivity index is 2.18. The lowest BCUT2D eigenvalue weighted by molar-refractivity contribution is -0.0124. The zero-order chi connectivity index (χ0) is 6.97. The summed E-state index contributed by atoms with van der Waals surface area (Å²) in [4.78, 5) is 0. The number of aliphatic hydroxyl groups is 1. The SMILES string of the molecule is OC1CCC=C2OCOC21. The number of rotatable bonds is 0. The highest BCUT2D eigenvalue weighted by molar-refractivity contribution is 5.09. The molecule has 2 rings (SSSR count). The van der Waals surface area contributed by atoms with Crippen LogP contribution in [0.2, 0.25) is 0 Å². The first kappa shape index (κ1) is 6.19. The van der Waals surface area contributed by atoms with Crippen LogP contribution in [0.1, 0.15) is 12.8 Å². The highest BCUT2D eigenvalue weighted by Gasteiger charge is 2.32. The summed E-state index contributed by atoms with van der Waals surface area (Å²) < 4.78 is 10.2. The summed E-state index contributed by atoms with van der Waals surface area (Å²) in [6, 6.07) is 0. The van der Waals surface area contributed by atoms with Crippen LogP contribution in [0.15, 0.2) is 11.8 Å². The van der Waals surface area contributed by atoms with E-state index in [1.807, 2.05) is 6.08 Å². The summed E-state index contributed by atoms with van der Waals surface area (Å²) in [7, 11) is 0. The molecule has 2 unspecified atom stereocenters. The van der Waals surface area contributed by atoms with Crippen LogP contribution in [-0.2, 0) is 9.47 Å². The molecule has 2 aliphatic rings. The van der Waals surface area contributed by atoms with E-state index >= 15 is 0 Å². The fourth-order valence-electron chi connectivity index (χ4n) is 1.36. The molecule has 3 nitrogen and oxygen atoms in total. The smallest absolute Gasteiger partial charge is 0.189 e. The molecule has 0 aromatic carbocycles. The second-order valence-electron chi connectivity index (χ2n) is 2.60. The van der Waals surface area contributed by atoms with Crippen molar-refractivity contribution in [1.29, 1.82) is 0 Å². The van der Waals surface area contributed by atoms with Crippen molar-refractivity contribution < 1.29 is 14.6 Å². The van der Waals surface area contributed by atoms with Crippen molar-refractivity contribution in [1.82, 2.24) is 0 Å². The van der Waals surface area contributed by atoms with E-state index in [1.165, 1.54) is 0 Å². The molecule has 2 atom stereocenters. The van der Waals surface area contributed by atoms with Crippen LogP contribution in [-0.4, -0.2) is 24.1 Å². The number of allylic oxidation sites excluding steroid dienone is 1. The lowest BCUT2D eigenvalue weighted by Crippen LogP contribution is -2.28. The fraction of sp³-hybridized carbons (Fsp3) is 0.714. The normalized spacial score (nSPS) is 38.3. The average Bonchev–Trinajstić information content (AvgIpc) is 2.36. The van der Waals surface area contributed by atoms with Gasteiger partial charge in [-0.15, -0.1) is 0 Å². The van der Waals surface area contributed by atoms with Gasteiger partial charge in [-0.25, -0.2) is 0 Å². The third-order valence-electron chi connectivity index (χ3n) is 1.91. The lowest BCUT2D eigenvalue weighted by Gasteiger charge is -2.19. The van der Waals surface area contributed by atoms with Gasteiger partial charge >= 0.3 is 0 Å². The maximum Gasteiger partial charge on any atom is 0.189 e. The summed E-state index contributed by atoms with van der Waals surface area (Å²) in [6.07, 6.45) is 3.15. The maximum absolute atomic E-state index is 9.33. The van der Waals surface area contributed by atoms with Gasteiger partial charge in [-0.2, -0.15) is 0 Å². The molecule has 1 aliphatic heterocycles. The van der Waals surface area contributed by atoms with Crippen LogP contribution >= 0.6 is 0 Å². The molecule has 0 amide bonds. The molecule has 0 bridgehead atoms. The van der Waals surface area contributed by atoms with Crippen molar-refractivity contribution >= 4 is 0 Å². The van der Waals surface area contributed by atoms with Gasteiger partial charge in [0.05, 0.1) is 6.10 Å². The first-order valence-electron chi connectivity index (χ1n) is 3.50. The maximum atomic E-state index is 9.33. The van der Waals surface area contributed by atoms with E-state index in [0.717, 1.165) is 18.6 Å². The number of ether oxygens (including phenoxy) is 2. The van der Waals surface area contributed by atoms with Gasteiger partial charge in [0.2, 0.25) is 0 Å². The molecule has 0 aromatic rings. The van der Waals surface area contributed by atoms with Crippen molar-refractivity contribution in [3.63, 3.8) is 0 Å². The van der Waals surface area contributed by atoms with E-state index in [0.29, 0.717) is 6.79 Å². The second kappa shape index (κ2) is 2.25. The summed E-state index contributed by atoms with van der Waals surface area (Å²) in [5.41, 5.74) is 0. The Morgan fingerprint density at radius 1 is 1.60 bits per heavy atom. The zero-order valence-corrected chi connectivity index (χ0v) is 5.62. The first-order chi connectivity index (χ1) is 4.88. The molecule has 0 saturated carbocycles. The molecular formula is C7H10O3. The second-order valence-corrected chi connectivity index (χ2v) is 2.60. The highest BCUT2D eigenvalue weighted by Crippen LogP contribution is 2.27. The first-order valence-corrected chi connectivity index (χ1v) is 3.50. The van der Waals surface area contributed by atoms with Crippen molar-refractivity contribution in [3.8, 4) is 0 Å². The van der Waals surface area contributed by atoms with E-state index in [2.05, 4.69) is 0 Å². The zero-order valence-electron chi connectivity index (χ0n) is 5.62. The Morgan fingerprint density at radius 2 is 2.50 bits per heavy atom. The Labute approximate surface area is 59.2 Å². The third-order valence-corrected chi connectivity index (χ3v) is 1.91. The van der Waals surface area contributed by atoms with Gasteiger partial charge in [0.25, 0.3) is 0 Å². The molecule has 10 heavy (non-hydrogen) atoms. The van der Waals surface area contributed by atoms with Gasteiger partial charge in [-0.3, -0.25) is 0 Å². The van der Waals surface area contributed by atoms with Gasteiger partial charge in [-0.1, -0.05) is 0 Å². The van der Waals surface area contributed by atoms with Crippen molar-refractivity contribution in [2.24, 2.45) is 0 Å². The number of hydrogen-bond acceptors (Lipinski definition) is 3. The van der Waals surface area contributed by atoms with Crippen LogP contribution in [0.5, 0.6) is 0 Å². The minimum atomic E-state index is -0.359. The largest absolute Gasteiger partial charge is 0.469 e. The highest BCUT2D eigenvalue weighted by atomic mass is 16.7. The lowest BCUT2D eigenvalue weighted by atomic mass is 10.0. The van der Waals surface area contributed by atoms with E-state index in [1.54, 1.807) is 0 Å². The Morgan fingerprint density at radius 3 is 3.30 bits per heavy atom. The van der Waals surface area contributed by atoms with Gasteiger partial charge < -0.3 is 14.6 Å². The predicted molar refractivity (Wildman–Crippen MR) is 34.1 cm³/mol. The monoisotopic (exact) mass is 142 g/mol. The van der Waals surface area contributed by atoms with Crippen LogP contribution < -0.4 is 0 Å². The van der Waals surface area contributed by atoms with Gasteiger partial charge in [0.15, 0.2) is 6.79 Å². The fourth-order valence-corrected chi connectivity index (χ4v) is 1.36. The van der Waals surface area contributed by atoms with E-state index in [9.17, 15) is 5.11 Å². The summed E-state index contributed by atoms with van der Waals surface area (Å²) in [6.45, 7) is 0.299. The van der Waals surface area contributed by atoms with E-state index in [4.69, 9.17) is 9.47 Å². The van der Waals surface area contributed by atoms with Crippen LogP contribution in [0.4, 0.5) is 0 Å². The topological polar surface area (TPSA) is 38.7 Å². The third kappa shape index (κ3) is 0.822. The Kier molecular flexibility index (Phi) is 1.39. The summed E-state index contributed by atoms with van der Waals surface area (Å²) in [5.74, 6) is 0.818. The van der Waals surface area contributed by atoms with Crippen LogP contribution in [0.25, 0.3) is 0 Å². The molecule has 1 fully saturated rings. The van der Waals surface area contributed by atoms with Gasteiger partial charge in [0, 0.05) is 0 Å². The van der Waals surface area contributed by atoms with Crippen molar-refractivity contribution in [3.05, 3.63) is 11.8 Å². The van der Waals surface area contributed by atoms with Crippen molar-refractivity contribution in [2.45, 2.75) is 25.0 Å². The molecule has 1 N–H and O–H groups in total. The molecule has 1 saturated heterocycles. The van der Waals surface area contributed by atoms with E-state index < -0.39 is 0 Å². The molecule has 1 heterocycles. The van der Waals surface area contributed by atoms with E-state index in [-0.39, 0.29) is 12.2 Å². The Bertz CT molecular complexity index is 164. The molecular weight excluding hydrogens is 132 g/mol. The molecule has 1 aliphatic carbocycles. The average molecular weight is 142 g/mol. The molecule has 0 spiro atoms. The minimum Gasteiger partial charge on any atom is -0.469 e. The number of fused-ring (bicyclic) bond motifs is 1. The minimum absolute atomic E-state index is 0.172. The number of aliphatic hydroxyl groups excluding tert-OH is 1. The Hall–Kier alpha value is -0.540. The molecule has 56 valence electrons. The predicted octanol–water partition coefficient (Wildman–Crippen LogP) is 0.398. The molecule has 0 radical (unpaired) electrons.